The van der Waals surface area contributed by atoms with Crippen LogP contribution in [0.1, 0.15) is 51.8 Å². The van der Waals surface area contributed by atoms with Gasteiger partial charge in [0.05, 0.1) is 0 Å². The van der Waals surface area contributed by atoms with Crippen LogP contribution < -0.4 is 10.5 Å². The molecule has 7 heteroatoms. The average molecular weight is 394 g/mol. The van der Waals surface area contributed by atoms with Crippen LogP contribution in [0, 0.1) is 0 Å². The molecule has 0 bridgehead atoms. The quantitative estimate of drug-likeness (QED) is 0.659. The average Bonchev–Trinajstić information content (AvgIpc) is 2.98. The van der Waals surface area contributed by atoms with Gasteiger partial charge in [-0.15, -0.1) is 0 Å². The summed E-state index contributed by atoms with van der Waals surface area (Å²) in [7, 11) is 0. The number of fused-ring (bicyclic) bond motifs is 1. The van der Waals surface area contributed by atoms with Gasteiger partial charge in [0.2, 0.25) is 0 Å². The first-order chi connectivity index (χ1) is 13.8. The third-order valence-corrected chi connectivity index (χ3v) is 4.96. The Labute approximate surface area is 169 Å². The minimum absolute atomic E-state index is 0.151. The van der Waals surface area contributed by atoms with Gasteiger partial charge in [0.15, 0.2) is 6.61 Å². The number of nitrogens with two attached hydrogens (primary N) is 1. The van der Waals surface area contributed by atoms with E-state index in [1.54, 1.807) is 12.3 Å². The largest absolute Gasteiger partial charge is 0.482 e. The van der Waals surface area contributed by atoms with Crippen LogP contribution >= 0.6 is 0 Å². The summed E-state index contributed by atoms with van der Waals surface area (Å²) < 4.78 is 13.0. The summed E-state index contributed by atoms with van der Waals surface area (Å²) in [5, 5.41) is 0. The lowest BCUT2D eigenvalue weighted by molar-refractivity contribution is -0.157. The van der Waals surface area contributed by atoms with Crippen molar-refractivity contribution in [2.24, 2.45) is 0 Å². The summed E-state index contributed by atoms with van der Waals surface area (Å²) in [5.74, 6) is 2.08. The van der Waals surface area contributed by atoms with Gasteiger partial charge in [-0.1, -0.05) is 18.6 Å². The molecule has 4 rings (SSSR count). The third-order valence-electron chi connectivity index (χ3n) is 4.96. The minimum Gasteiger partial charge on any atom is -0.482 e. The van der Waals surface area contributed by atoms with Crippen LogP contribution in [0.15, 0.2) is 36.7 Å². The van der Waals surface area contributed by atoms with E-state index >= 15 is 0 Å². The Balaban J connectivity index is 1.63. The van der Waals surface area contributed by atoms with Crippen LogP contribution in [0.5, 0.6) is 5.75 Å². The molecule has 2 heterocycles. The summed E-state index contributed by atoms with van der Waals surface area (Å²) in [6, 6.07) is 7.50. The number of esters is 1. The number of imidazole rings is 1. The lowest BCUT2D eigenvalue weighted by atomic mass is 9.85. The van der Waals surface area contributed by atoms with Crippen molar-refractivity contribution in [2.75, 3.05) is 12.3 Å². The molecule has 0 atom stereocenters. The molecule has 0 spiro atoms. The van der Waals surface area contributed by atoms with Gasteiger partial charge >= 0.3 is 5.97 Å². The SMILES string of the molecule is CC(C)(C)OC(=O)COc1cccc(-c2nc(C3CCC3)n3ccnc(N)c23)c1. The van der Waals surface area contributed by atoms with Gasteiger partial charge in [-0.3, -0.25) is 4.40 Å². The fourth-order valence-corrected chi connectivity index (χ4v) is 3.49. The van der Waals surface area contributed by atoms with E-state index in [4.69, 9.17) is 20.2 Å². The Kier molecular flexibility index (Phi) is 4.90. The number of hydrogen-bond donors (Lipinski definition) is 1. The standard InChI is InChI=1S/C22H26N4O3/c1-22(2,3)29-17(27)13-28-16-9-5-8-15(12-16)18-19-20(23)24-10-11-26(19)21(25-18)14-6-4-7-14/h5,8-12,14H,4,6-7,13H2,1-3H3,(H2,23,24). The van der Waals surface area contributed by atoms with E-state index < -0.39 is 11.6 Å². The van der Waals surface area contributed by atoms with Crippen molar-refractivity contribution in [3.05, 3.63) is 42.5 Å². The Bertz CT molecular complexity index is 1050. The third kappa shape index (κ3) is 4.04. The molecule has 0 amide bonds. The van der Waals surface area contributed by atoms with Crippen molar-refractivity contribution < 1.29 is 14.3 Å². The van der Waals surface area contributed by atoms with Crippen LogP contribution in [-0.2, 0) is 9.53 Å². The van der Waals surface area contributed by atoms with Crippen LogP contribution in [0.3, 0.4) is 0 Å². The van der Waals surface area contributed by atoms with Crippen molar-refractivity contribution in [3.63, 3.8) is 0 Å². The lowest BCUT2D eigenvalue weighted by Crippen LogP contribution is -2.27. The first kappa shape index (κ1) is 19.2. The second-order valence-corrected chi connectivity index (χ2v) is 8.38. The normalized spacial score (nSPS) is 14.6. The summed E-state index contributed by atoms with van der Waals surface area (Å²) in [4.78, 5) is 21.1. The molecule has 3 aromatic rings. The number of anilines is 1. The summed E-state index contributed by atoms with van der Waals surface area (Å²) in [6.45, 7) is 5.33. The maximum absolute atomic E-state index is 11.9. The molecule has 1 saturated carbocycles. The number of carbonyl (C=O) groups is 1. The summed E-state index contributed by atoms with van der Waals surface area (Å²) in [6.07, 6.45) is 7.12. The number of benzene rings is 1. The van der Waals surface area contributed by atoms with Gasteiger partial charge in [-0.05, 0) is 45.7 Å². The fourth-order valence-electron chi connectivity index (χ4n) is 3.49. The van der Waals surface area contributed by atoms with Gasteiger partial charge in [0, 0.05) is 23.9 Å². The highest BCUT2D eigenvalue weighted by atomic mass is 16.6. The highest BCUT2D eigenvalue weighted by Crippen LogP contribution is 2.39. The molecule has 0 aliphatic heterocycles. The lowest BCUT2D eigenvalue weighted by Gasteiger charge is -2.23. The predicted octanol–water partition coefficient (Wildman–Crippen LogP) is 3.97. The molecule has 152 valence electrons. The number of nitrogens with zero attached hydrogens (tertiary/aromatic N) is 3. The minimum atomic E-state index is -0.542. The highest BCUT2D eigenvalue weighted by Gasteiger charge is 2.27. The van der Waals surface area contributed by atoms with Crippen LogP contribution in [0.4, 0.5) is 5.82 Å². The van der Waals surface area contributed by atoms with Crippen molar-refractivity contribution in [1.82, 2.24) is 14.4 Å². The zero-order valence-electron chi connectivity index (χ0n) is 17.0. The van der Waals surface area contributed by atoms with E-state index in [9.17, 15) is 4.79 Å². The molecule has 1 aliphatic rings. The Morgan fingerprint density at radius 2 is 2.10 bits per heavy atom. The monoisotopic (exact) mass is 394 g/mol. The van der Waals surface area contributed by atoms with Gasteiger partial charge in [0.25, 0.3) is 0 Å². The van der Waals surface area contributed by atoms with Crippen LogP contribution in [-0.4, -0.2) is 32.5 Å². The van der Waals surface area contributed by atoms with E-state index in [0.29, 0.717) is 17.5 Å². The molecule has 7 nitrogen and oxygen atoms in total. The topological polar surface area (TPSA) is 91.7 Å². The van der Waals surface area contributed by atoms with E-state index in [1.165, 1.54) is 6.42 Å². The molecular weight excluding hydrogens is 368 g/mol. The van der Waals surface area contributed by atoms with E-state index in [2.05, 4.69) is 9.38 Å². The Hall–Kier alpha value is -3.09. The molecule has 0 saturated heterocycles. The van der Waals surface area contributed by atoms with Crippen molar-refractivity contribution in [3.8, 4) is 17.0 Å². The molecule has 29 heavy (non-hydrogen) atoms. The second kappa shape index (κ2) is 7.39. The zero-order chi connectivity index (χ0) is 20.6. The van der Waals surface area contributed by atoms with Gasteiger partial charge in [-0.25, -0.2) is 14.8 Å². The van der Waals surface area contributed by atoms with E-state index in [1.807, 2.05) is 45.2 Å². The van der Waals surface area contributed by atoms with Gasteiger partial charge in [-0.2, -0.15) is 0 Å². The predicted molar refractivity (Wildman–Crippen MR) is 111 cm³/mol. The van der Waals surface area contributed by atoms with Crippen molar-refractivity contribution in [1.29, 1.82) is 0 Å². The molecule has 0 radical (unpaired) electrons. The maximum atomic E-state index is 11.9. The van der Waals surface area contributed by atoms with Gasteiger partial charge in [0.1, 0.15) is 34.2 Å². The first-order valence-corrected chi connectivity index (χ1v) is 9.89. The van der Waals surface area contributed by atoms with E-state index in [-0.39, 0.29) is 6.61 Å². The molecule has 2 aromatic heterocycles. The van der Waals surface area contributed by atoms with Crippen LogP contribution in [0.25, 0.3) is 16.8 Å². The molecule has 1 aliphatic carbocycles. The first-order valence-electron chi connectivity index (χ1n) is 9.89. The number of carbonyl (C=O) groups excluding carboxylic acids is 1. The van der Waals surface area contributed by atoms with Crippen LogP contribution in [0.2, 0.25) is 0 Å². The number of nitrogen functional groups attached to an aromatic ring is 1. The van der Waals surface area contributed by atoms with Crippen molar-refractivity contribution in [2.45, 2.75) is 51.6 Å². The molecule has 1 aromatic carbocycles. The number of aromatic nitrogens is 3. The molecule has 2 N–H and O–H groups in total. The number of ether oxygens (including phenoxy) is 2. The Morgan fingerprint density at radius 1 is 1.31 bits per heavy atom. The summed E-state index contributed by atoms with van der Waals surface area (Å²) in [5.41, 5.74) is 8.11. The molecule has 0 unspecified atom stereocenters. The summed E-state index contributed by atoms with van der Waals surface area (Å²) >= 11 is 0. The van der Waals surface area contributed by atoms with Crippen molar-refractivity contribution >= 4 is 17.3 Å². The second-order valence-electron chi connectivity index (χ2n) is 8.38. The maximum Gasteiger partial charge on any atom is 0.344 e. The molecular formula is C22H26N4O3. The van der Waals surface area contributed by atoms with Gasteiger partial charge < -0.3 is 15.2 Å². The molecule has 1 fully saturated rings. The zero-order valence-corrected chi connectivity index (χ0v) is 17.0. The number of hydrogen-bond acceptors (Lipinski definition) is 6. The smallest absolute Gasteiger partial charge is 0.344 e. The van der Waals surface area contributed by atoms with E-state index in [0.717, 1.165) is 35.4 Å². The highest BCUT2D eigenvalue weighted by molar-refractivity contribution is 5.85. The number of rotatable bonds is 5. The Morgan fingerprint density at radius 3 is 2.79 bits per heavy atom. The fraction of sp³-hybridized carbons (Fsp3) is 0.409.